The van der Waals surface area contributed by atoms with Gasteiger partial charge < -0.3 is 15.9 Å². The molecular weight excluding hydrogens is 202 g/mol. The van der Waals surface area contributed by atoms with Gasteiger partial charge in [-0.15, -0.1) is 11.3 Å². The fraction of sp³-hybridized carbons (Fsp3) is 0.444. The molecule has 0 saturated heterocycles. The van der Waals surface area contributed by atoms with Crippen molar-refractivity contribution in [2.45, 2.75) is 25.4 Å². The van der Waals surface area contributed by atoms with Gasteiger partial charge >= 0.3 is 5.97 Å². The van der Waals surface area contributed by atoms with Gasteiger partial charge in [-0.3, -0.25) is 0 Å². The minimum Gasteiger partial charge on any atom is -0.478 e. The van der Waals surface area contributed by atoms with E-state index in [1.807, 2.05) is 0 Å². The number of carboxylic acid groups (broad SMARTS) is 1. The van der Waals surface area contributed by atoms with Gasteiger partial charge in [0.2, 0.25) is 0 Å². The molecule has 0 bridgehead atoms. The van der Waals surface area contributed by atoms with E-state index in [4.69, 9.17) is 10.8 Å². The van der Waals surface area contributed by atoms with Gasteiger partial charge in [0.25, 0.3) is 0 Å². The van der Waals surface area contributed by atoms with E-state index < -0.39 is 5.97 Å². The van der Waals surface area contributed by atoms with Crippen LogP contribution in [0.3, 0.4) is 0 Å². The van der Waals surface area contributed by atoms with Crippen LogP contribution in [0.25, 0.3) is 0 Å². The molecule has 2 rings (SSSR count). The molecule has 1 aromatic rings. The second-order valence-corrected chi connectivity index (χ2v) is 4.58. The number of carbonyl (C=O) groups is 1. The van der Waals surface area contributed by atoms with Gasteiger partial charge in [0.1, 0.15) is 5.00 Å². The Balaban J connectivity index is 2.49. The fourth-order valence-electron chi connectivity index (χ4n) is 1.82. The van der Waals surface area contributed by atoms with E-state index in [0.29, 0.717) is 24.3 Å². The first-order valence-corrected chi connectivity index (χ1v) is 5.22. The summed E-state index contributed by atoms with van der Waals surface area (Å²) in [5.74, 6) is -0.962. The first kappa shape index (κ1) is 9.48. The second kappa shape index (κ2) is 3.25. The molecule has 0 amide bonds. The van der Waals surface area contributed by atoms with Crippen LogP contribution in [0.4, 0.5) is 5.00 Å². The van der Waals surface area contributed by atoms with Crippen LogP contribution in [0, 0.1) is 0 Å². The van der Waals surface area contributed by atoms with Crippen LogP contribution in [0.5, 0.6) is 0 Å². The number of nitrogens with two attached hydrogens (primary N) is 1. The van der Waals surface area contributed by atoms with Crippen molar-refractivity contribution >= 4 is 22.3 Å². The maximum Gasteiger partial charge on any atom is 0.338 e. The van der Waals surface area contributed by atoms with Crippen molar-refractivity contribution in [3.8, 4) is 0 Å². The van der Waals surface area contributed by atoms with Crippen molar-refractivity contribution in [2.24, 2.45) is 0 Å². The summed E-state index contributed by atoms with van der Waals surface area (Å²) < 4.78 is 0. The first-order chi connectivity index (χ1) is 6.59. The second-order valence-electron chi connectivity index (χ2n) is 3.44. The molecule has 76 valence electrons. The molecular formula is C9H11NO3S. The lowest BCUT2D eigenvalue weighted by molar-refractivity contribution is 0.0696. The molecule has 1 aliphatic rings. The van der Waals surface area contributed by atoms with Gasteiger partial charge in [-0.05, 0) is 18.4 Å². The minimum absolute atomic E-state index is 0.247. The third kappa shape index (κ3) is 1.38. The number of hydrogen-bond donors (Lipinski definition) is 3. The highest BCUT2D eigenvalue weighted by molar-refractivity contribution is 7.16. The molecule has 4 nitrogen and oxygen atoms in total. The normalized spacial score (nSPS) is 20.5. The molecule has 4 N–H and O–H groups in total. The molecule has 0 spiro atoms. The van der Waals surface area contributed by atoms with Crippen molar-refractivity contribution in [3.63, 3.8) is 0 Å². The maximum atomic E-state index is 10.9. The lowest BCUT2D eigenvalue weighted by Gasteiger charge is -2.16. The number of aliphatic hydroxyl groups is 1. The Morgan fingerprint density at radius 3 is 2.93 bits per heavy atom. The van der Waals surface area contributed by atoms with Crippen LogP contribution in [-0.2, 0) is 12.8 Å². The number of nitrogen functional groups attached to an aromatic ring is 1. The molecule has 0 radical (unpaired) electrons. The predicted octanol–water partition coefficient (Wildman–Crippen LogP) is 0.878. The number of aliphatic hydroxyl groups excluding tert-OH is 1. The van der Waals surface area contributed by atoms with Crippen LogP contribution >= 0.6 is 11.3 Å². The summed E-state index contributed by atoms with van der Waals surface area (Å²) in [6, 6.07) is 0. The standard InChI is InChI=1S/C9H11NO3S/c10-8-7(9(12)13)5-2-1-4(11)3-6(5)14-8/h4,11H,1-3,10H2,(H,12,13). The van der Waals surface area contributed by atoms with E-state index in [0.717, 1.165) is 10.4 Å². The lowest BCUT2D eigenvalue weighted by Crippen LogP contribution is -2.18. The number of anilines is 1. The predicted molar refractivity (Wildman–Crippen MR) is 53.7 cm³/mol. The van der Waals surface area contributed by atoms with Crippen molar-refractivity contribution in [2.75, 3.05) is 5.73 Å². The number of thiophene rings is 1. The number of rotatable bonds is 1. The molecule has 1 unspecified atom stereocenters. The molecule has 14 heavy (non-hydrogen) atoms. The highest BCUT2D eigenvalue weighted by Crippen LogP contribution is 2.36. The summed E-state index contributed by atoms with van der Waals surface area (Å²) in [5.41, 5.74) is 6.70. The summed E-state index contributed by atoms with van der Waals surface area (Å²) in [7, 11) is 0. The number of aromatic carboxylic acids is 1. The number of fused-ring (bicyclic) bond motifs is 1. The zero-order chi connectivity index (χ0) is 10.3. The molecule has 0 aromatic carbocycles. The molecule has 0 fully saturated rings. The topological polar surface area (TPSA) is 83.6 Å². The molecule has 1 aliphatic carbocycles. The van der Waals surface area contributed by atoms with Crippen LogP contribution in [0.15, 0.2) is 0 Å². The van der Waals surface area contributed by atoms with E-state index in [9.17, 15) is 9.90 Å². The average Bonchev–Trinajstić information content (AvgIpc) is 2.39. The summed E-state index contributed by atoms with van der Waals surface area (Å²) >= 11 is 1.29. The van der Waals surface area contributed by atoms with Gasteiger partial charge in [0, 0.05) is 11.3 Å². The van der Waals surface area contributed by atoms with Gasteiger partial charge in [-0.2, -0.15) is 0 Å². The molecule has 1 heterocycles. The highest BCUT2D eigenvalue weighted by atomic mass is 32.1. The van der Waals surface area contributed by atoms with Crippen molar-refractivity contribution < 1.29 is 15.0 Å². The summed E-state index contributed by atoms with van der Waals surface area (Å²) in [5, 5.41) is 18.7. The zero-order valence-electron chi connectivity index (χ0n) is 7.49. The van der Waals surface area contributed by atoms with E-state index >= 15 is 0 Å². The van der Waals surface area contributed by atoms with Gasteiger partial charge in [-0.1, -0.05) is 0 Å². The zero-order valence-corrected chi connectivity index (χ0v) is 8.30. The average molecular weight is 213 g/mol. The monoisotopic (exact) mass is 213 g/mol. The molecule has 1 atom stereocenters. The van der Waals surface area contributed by atoms with E-state index in [2.05, 4.69) is 0 Å². The largest absolute Gasteiger partial charge is 0.478 e. The van der Waals surface area contributed by atoms with E-state index in [1.165, 1.54) is 11.3 Å². The van der Waals surface area contributed by atoms with E-state index in [1.54, 1.807) is 0 Å². The van der Waals surface area contributed by atoms with E-state index in [-0.39, 0.29) is 11.7 Å². The summed E-state index contributed by atoms with van der Waals surface area (Å²) in [6.07, 6.45) is 1.44. The van der Waals surface area contributed by atoms with Gasteiger partial charge in [0.05, 0.1) is 11.7 Å². The van der Waals surface area contributed by atoms with Crippen molar-refractivity contribution in [1.29, 1.82) is 0 Å². The quantitative estimate of drug-likeness (QED) is 0.646. The minimum atomic E-state index is -0.962. The number of hydrogen-bond acceptors (Lipinski definition) is 4. The van der Waals surface area contributed by atoms with Crippen LogP contribution in [-0.4, -0.2) is 22.3 Å². The summed E-state index contributed by atoms with van der Waals surface area (Å²) in [4.78, 5) is 11.8. The van der Waals surface area contributed by atoms with Crippen LogP contribution in [0.1, 0.15) is 27.2 Å². The third-order valence-electron chi connectivity index (χ3n) is 2.48. The highest BCUT2D eigenvalue weighted by Gasteiger charge is 2.26. The molecule has 0 saturated carbocycles. The molecule has 0 aliphatic heterocycles. The lowest BCUT2D eigenvalue weighted by atomic mass is 9.93. The van der Waals surface area contributed by atoms with Gasteiger partial charge in [-0.25, -0.2) is 4.79 Å². The summed E-state index contributed by atoms with van der Waals surface area (Å²) in [6.45, 7) is 0. The first-order valence-electron chi connectivity index (χ1n) is 4.41. The Morgan fingerprint density at radius 2 is 2.29 bits per heavy atom. The van der Waals surface area contributed by atoms with Gasteiger partial charge in [0.15, 0.2) is 0 Å². The SMILES string of the molecule is Nc1sc2c(c1C(=O)O)CCC(O)C2. The fourth-order valence-corrected chi connectivity index (χ4v) is 3.01. The number of carboxylic acids is 1. The Kier molecular flexibility index (Phi) is 2.20. The Morgan fingerprint density at radius 1 is 1.57 bits per heavy atom. The van der Waals surface area contributed by atoms with Crippen LogP contribution in [0.2, 0.25) is 0 Å². The Hall–Kier alpha value is -1.07. The molecule has 1 aromatic heterocycles. The smallest absolute Gasteiger partial charge is 0.338 e. The van der Waals surface area contributed by atoms with Crippen molar-refractivity contribution in [1.82, 2.24) is 0 Å². The molecule has 5 heteroatoms. The van der Waals surface area contributed by atoms with Crippen LogP contribution < -0.4 is 5.73 Å². The van der Waals surface area contributed by atoms with Crippen molar-refractivity contribution in [3.05, 3.63) is 16.0 Å². The third-order valence-corrected chi connectivity index (χ3v) is 3.56. The Labute approximate surface area is 85.0 Å². The maximum absolute atomic E-state index is 10.9. The Bertz CT molecular complexity index is 386.